The van der Waals surface area contributed by atoms with E-state index < -0.39 is 52.1 Å². The number of aromatic amines is 1. The van der Waals surface area contributed by atoms with Crippen molar-refractivity contribution >= 4 is 40.3 Å². The molecule has 434 valence electrons. The molecule has 5 aromatic rings. The second kappa shape index (κ2) is 24.4. The molecule has 5 saturated heterocycles. The third-order valence-corrected chi connectivity index (χ3v) is 18.5. The number of hydrogen-bond acceptors (Lipinski definition) is 10. The summed E-state index contributed by atoms with van der Waals surface area (Å²) in [6.07, 6.45) is 8.73. The normalized spacial score (nSPS) is 23.0. The average Bonchev–Trinajstić information content (AvgIpc) is 2.95. The van der Waals surface area contributed by atoms with Gasteiger partial charge in [-0.25, -0.2) is 22.7 Å². The highest BCUT2D eigenvalue weighted by Crippen LogP contribution is 2.50. The Morgan fingerprint density at radius 1 is 0.707 bits per heavy atom. The van der Waals surface area contributed by atoms with Crippen LogP contribution in [-0.2, 0) is 32.1 Å². The first-order valence-electron chi connectivity index (χ1n) is 29.2. The number of nitrogens with zero attached hydrogens (tertiary/aromatic N) is 6. The molecule has 0 radical (unpaired) electrons. The number of ether oxygens (including phenoxy) is 1. The van der Waals surface area contributed by atoms with E-state index in [0.29, 0.717) is 125 Å². The van der Waals surface area contributed by atoms with Crippen molar-refractivity contribution in [2.45, 2.75) is 101 Å². The highest BCUT2D eigenvalue weighted by molar-refractivity contribution is 5.98. The number of hydrogen-bond donors (Lipinski definition) is 3. The number of rotatable bonds is 15. The number of benzene rings is 4. The molecule has 2 atom stereocenters. The lowest BCUT2D eigenvalue weighted by molar-refractivity contribution is -0.203. The first-order chi connectivity index (χ1) is 39.7. The molecule has 7 aliphatic rings. The molecule has 16 nitrogen and oxygen atoms in total. The summed E-state index contributed by atoms with van der Waals surface area (Å²) in [4.78, 5) is 91.6. The van der Waals surface area contributed by atoms with Gasteiger partial charge in [-0.2, -0.15) is 5.10 Å². The largest absolute Gasteiger partial charge is 0.373 e. The summed E-state index contributed by atoms with van der Waals surface area (Å²) in [7, 11) is 0. The van der Waals surface area contributed by atoms with E-state index in [1.165, 1.54) is 18.2 Å². The Bertz CT molecular complexity index is 3260. The van der Waals surface area contributed by atoms with Crippen molar-refractivity contribution < 1.29 is 46.3 Å². The summed E-state index contributed by atoms with van der Waals surface area (Å²) < 4.78 is 66.0. The minimum Gasteiger partial charge on any atom is -0.373 e. The molecule has 1 unspecified atom stereocenters. The maximum Gasteiger partial charge on any atom is 0.272 e. The number of fused-ring (bicyclic) bond motifs is 4. The summed E-state index contributed by atoms with van der Waals surface area (Å²) in [5, 5.41) is 13.9. The fraction of sp³-hybridized carbons (Fsp3) is 0.500. The van der Waals surface area contributed by atoms with Crippen LogP contribution in [0.1, 0.15) is 120 Å². The van der Waals surface area contributed by atoms with E-state index in [0.717, 1.165) is 44.2 Å². The number of carbonyl (C=O) groups is 5. The van der Waals surface area contributed by atoms with Crippen molar-refractivity contribution in [1.82, 2.24) is 45.3 Å². The molecule has 2 saturated carbocycles. The number of nitrogens with one attached hydrogen (secondary N) is 3. The number of aromatic nitrogens is 2. The maximum atomic E-state index is 16.6. The molecule has 5 amide bonds. The minimum atomic E-state index is -0.825. The van der Waals surface area contributed by atoms with Crippen LogP contribution in [-0.4, -0.2) is 161 Å². The Kier molecular flexibility index (Phi) is 16.9. The van der Waals surface area contributed by atoms with Crippen molar-refractivity contribution in [1.29, 1.82) is 0 Å². The number of halogens is 4. The molecular weight excluding hydrogens is 1060 g/mol. The Balaban J connectivity index is 0.651. The smallest absolute Gasteiger partial charge is 0.272 e. The molecule has 20 heteroatoms. The Morgan fingerprint density at radius 2 is 1.44 bits per heavy atom. The van der Waals surface area contributed by atoms with E-state index in [1.807, 2.05) is 21.9 Å². The summed E-state index contributed by atoms with van der Waals surface area (Å²) in [5.41, 5.74) is 0.254. The Labute approximate surface area is 473 Å². The lowest BCUT2D eigenvalue weighted by Gasteiger charge is -2.55. The number of likely N-dealkylation sites (tertiary alicyclic amines) is 1. The van der Waals surface area contributed by atoms with Gasteiger partial charge in [-0.3, -0.25) is 33.7 Å². The fourth-order valence-electron chi connectivity index (χ4n) is 13.6. The summed E-state index contributed by atoms with van der Waals surface area (Å²) in [6, 6.07) is 18.7. The highest BCUT2D eigenvalue weighted by Gasteiger charge is 2.55. The second-order valence-corrected chi connectivity index (χ2v) is 23.6. The average molecular weight is 1130 g/mol. The van der Waals surface area contributed by atoms with Gasteiger partial charge in [-0.1, -0.05) is 61.7 Å². The molecule has 6 heterocycles. The van der Waals surface area contributed by atoms with Gasteiger partial charge in [-0.05, 0) is 98.7 Å². The van der Waals surface area contributed by atoms with Gasteiger partial charge in [0.25, 0.3) is 17.4 Å². The summed E-state index contributed by atoms with van der Waals surface area (Å²) in [5.74, 6) is -4.62. The van der Waals surface area contributed by atoms with Gasteiger partial charge in [0.1, 0.15) is 29.3 Å². The van der Waals surface area contributed by atoms with E-state index in [-0.39, 0.29) is 91.0 Å². The van der Waals surface area contributed by atoms with E-state index >= 15 is 8.78 Å². The van der Waals surface area contributed by atoms with Crippen molar-refractivity contribution in [3.8, 4) is 0 Å². The molecule has 2 bridgehead atoms. The van der Waals surface area contributed by atoms with Crippen LogP contribution in [0.4, 0.5) is 17.6 Å². The van der Waals surface area contributed by atoms with Crippen LogP contribution in [0.15, 0.2) is 83.7 Å². The Morgan fingerprint density at radius 3 is 2.17 bits per heavy atom. The molecule has 1 aromatic heterocycles. The summed E-state index contributed by atoms with van der Waals surface area (Å²) >= 11 is 0. The topological polar surface area (TPSA) is 181 Å². The van der Waals surface area contributed by atoms with Crippen LogP contribution in [0, 0.1) is 34.6 Å². The van der Waals surface area contributed by atoms with Crippen molar-refractivity contribution in [2.75, 3.05) is 85.1 Å². The molecule has 82 heavy (non-hydrogen) atoms. The van der Waals surface area contributed by atoms with Crippen LogP contribution in [0.25, 0.3) is 10.8 Å². The Hall–Kier alpha value is -7.03. The van der Waals surface area contributed by atoms with Gasteiger partial charge < -0.3 is 35.0 Å². The van der Waals surface area contributed by atoms with E-state index in [9.17, 15) is 37.5 Å². The molecule has 2 aliphatic carbocycles. The van der Waals surface area contributed by atoms with Gasteiger partial charge in [0.05, 0.1) is 46.4 Å². The van der Waals surface area contributed by atoms with Crippen LogP contribution in [0.3, 0.4) is 0 Å². The van der Waals surface area contributed by atoms with Crippen LogP contribution in [0.2, 0.25) is 0 Å². The third kappa shape index (κ3) is 12.1. The van der Waals surface area contributed by atoms with Crippen molar-refractivity contribution in [3.63, 3.8) is 0 Å². The van der Waals surface area contributed by atoms with Crippen LogP contribution >= 0.6 is 0 Å². The number of amides is 5. The first kappa shape index (κ1) is 56.8. The first-order valence-corrected chi connectivity index (χ1v) is 29.2. The van der Waals surface area contributed by atoms with Gasteiger partial charge in [0.15, 0.2) is 0 Å². The molecule has 12 rings (SSSR count). The molecule has 3 N–H and O–H groups in total. The molecule has 4 aromatic carbocycles. The van der Waals surface area contributed by atoms with Crippen molar-refractivity contribution in [2.24, 2.45) is 11.3 Å². The zero-order chi connectivity index (χ0) is 57.1. The van der Waals surface area contributed by atoms with Gasteiger partial charge in [0.2, 0.25) is 17.7 Å². The lowest BCUT2D eigenvalue weighted by atomic mass is 9.65. The zero-order valence-electron chi connectivity index (χ0n) is 46.2. The van der Waals surface area contributed by atoms with Gasteiger partial charge in [0, 0.05) is 108 Å². The second-order valence-electron chi connectivity index (χ2n) is 23.6. The van der Waals surface area contributed by atoms with Crippen LogP contribution in [0.5, 0.6) is 0 Å². The monoisotopic (exact) mass is 1130 g/mol. The van der Waals surface area contributed by atoms with Crippen molar-refractivity contribution in [3.05, 3.63) is 146 Å². The quantitative estimate of drug-likeness (QED) is 0.0956. The van der Waals surface area contributed by atoms with E-state index in [1.54, 1.807) is 46.2 Å². The number of piperazine rings is 2. The minimum absolute atomic E-state index is 0.0276. The zero-order valence-corrected chi connectivity index (χ0v) is 46.2. The summed E-state index contributed by atoms with van der Waals surface area (Å²) in [6.45, 7) is 4.91. The van der Waals surface area contributed by atoms with Gasteiger partial charge in [-0.15, -0.1) is 0 Å². The highest BCUT2D eigenvalue weighted by atomic mass is 19.1. The molecule has 0 spiro atoms. The standard InChI is InChI=1S/C62H71F4N9O7/c63-44-17-16-42(51(65)34-44)35-67-36-53(76)75-23-7-10-43(37-75)45-13-6-14-48(54(45)66)56(77)68-55(41-8-2-1-3-9-41)59(80)73-26-24-71(25-27-73)38-62-21-19-61(20-22-62,39-82-62)60(81)74-30-28-72(29-31-74)58(79)49-32-40(15-18-50(49)64)33-52-46-11-4-5-12-47(46)57(78)70-69-52/h4-6,11-18,32,34,41,43,55,67H,1-3,7-10,19-31,33,35-39H2,(H,68,77)(H,70,78)/t43?,55-,61?,62?/m1/s1. The maximum absolute atomic E-state index is 16.6. The lowest BCUT2D eigenvalue weighted by Crippen LogP contribution is -2.64. The van der Waals surface area contributed by atoms with Gasteiger partial charge >= 0.3 is 0 Å². The number of piperidine rings is 1. The molecular formula is C62H71F4N9O7. The molecule has 5 aliphatic heterocycles. The van der Waals surface area contributed by atoms with E-state index in [2.05, 4.69) is 25.7 Å². The predicted molar refractivity (Wildman–Crippen MR) is 298 cm³/mol. The fourth-order valence-corrected chi connectivity index (χ4v) is 13.6. The number of H-pyrrole nitrogens is 1. The number of carbonyl (C=O) groups excluding carboxylic acids is 5. The SMILES string of the molecule is O=C(N[C@@H](C(=O)N1CCN(CC23CCC(C(=O)N4CCN(C(=O)c5cc(Cc6n[nH]c(=O)c7ccccc67)ccc5F)CC4)(CC2)CO3)CC1)C1CCCCC1)c1cccc(C2CCCN(C(=O)CNCc3ccc(F)cc3F)C2)c1F. The third-order valence-electron chi connectivity index (χ3n) is 18.5. The predicted octanol–water partition coefficient (Wildman–Crippen LogP) is 6.70. The van der Waals surface area contributed by atoms with Crippen LogP contribution < -0.4 is 16.2 Å². The van der Waals surface area contributed by atoms with E-state index in [4.69, 9.17) is 4.74 Å². The molecule has 7 fully saturated rings.